The highest BCUT2D eigenvalue weighted by Crippen LogP contribution is 2.25. The summed E-state index contributed by atoms with van der Waals surface area (Å²) in [6, 6.07) is 5.41. The van der Waals surface area contributed by atoms with E-state index in [1.807, 2.05) is 19.1 Å². The first-order chi connectivity index (χ1) is 14.2. The van der Waals surface area contributed by atoms with Gasteiger partial charge in [-0.25, -0.2) is 19.7 Å². The molecule has 1 aliphatic rings. The number of aryl methyl sites for hydroxylation is 1. The topological polar surface area (TPSA) is 98.7 Å². The molecule has 30 heavy (non-hydrogen) atoms. The van der Waals surface area contributed by atoms with Crippen LogP contribution in [0, 0.1) is 6.92 Å². The molecule has 1 N–H and O–H groups in total. The van der Waals surface area contributed by atoms with Gasteiger partial charge < -0.3 is 19.6 Å². The average molecular weight is 436 g/mol. The molecule has 0 atom stereocenters. The summed E-state index contributed by atoms with van der Waals surface area (Å²) in [4.78, 5) is 29.6. The van der Waals surface area contributed by atoms with Crippen molar-refractivity contribution in [3.8, 4) is 5.88 Å². The van der Waals surface area contributed by atoms with Crippen molar-refractivity contribution in [1.29, 1.82) is 0 Å². The predicted molar refractivity (Wildman–Crippen MR) is 112 cm³/mol. The Balaban J connectivity index is 1.50. The lowest BCUT2D eigenvalue weighted by Gasteiger charge is -2.30. The number of carbonyl (C=O) groups is 1. The number of hydrogen-bond donors (Lipinski definition) is 1. The van der Waals surface area contributed by atoms with Gasteiger partial charge in [0.15, 0.2) is 5.15 Å². The number of piperidine rings is 1. The monoisotopic (exact) mass is 435 g/mol. The maximum atomic E-state index is 11.8. The van der Waals surface area contributed by atoms with E-state index in [4.69, 9.17) is 25.9 Å². The van der Waals surface area contributed by atoms with Crippen LogP contribution in [0.3, 0.4) is 0 Å². The molecule has 0 aliphatic carbocycles. The van der Waals surface area contributed by atoms with Crippen LogP contribution < -0.4 is 10.1 Å². The Bertz CT molecular complexity index is 882. The fourth-order valence-electron chi connectivity index (χ4n) is 2.81. The van der Waals surface area contributed by atoms with Gasteiger partial charge in [-0.1, -0.05) is 11.6 Å². The smallest absolute Gasteiger partial charge is 0.474 e. The van der Waals surface area contributed by atoms with Crippen LogP contribution in [0.5, 0.6) is 5.88 Å². The van der Waals surface area contributed by atoms with Gasteiger partial charge in [-0.3, -0.25) is 0 Å². The Kier molecular flexibility index (Phi) is 6.94. The van der Waals surface area contributed by atoms with Gasteiger partial charge in [-0.05, 0) is 39.8 Å². The van der Waals surface area contributed by atoms with Crippen molar-refractivity contribution >= 4 is 29.3 Å². The average Bonchev–Trinajstić information content (AvgIpc) is 2.64. The van der Waals surface area contributed by atoms with Gasteiger partial charge in [0.2, 0.25) is 5.88 Å². The number of pyridine rings is 1. The molecule has 1 saturated heterocycles. The number of nitrogens with zero attached hydrogens (tertiary/aromatic N) is 4. The number of ether oxygens (including phenoxy) is 2. The summed E-state index contributed by atoms with van der Waals surface area (Å²) in [5.41, 5.74) is 0.898. The van der Waals surface area contributed by atoms with Gasteiger partial charge in [0.05, 0.1) is 5.69 Å². The molecule has 0 aromatic carbocycles. The lowest BCUT2D eigenvalue weighted by molar-refractivity contribution is -0.159. The van der Waals surface area contributed by atoms with Gasteiger partial charge >= 0.3 is 6.16 Å². The summed E-state index contributed by atoms with van der Waals surface area (Å²) in [7, 11) is 0. The third-order valence-electron chi connectivity index (χ3n) is 4.17. The summed E-state index contributed by atoms with van der Waals surface area (Å²) in [5, 5.41) is 5.08. The van der Waals surface area contributed by atoms with E-state index in [0.717, 1.165) is 5.69 Å². The second-order valence-corrected chi connectivity index (χ2v) is 8.32. The molecule has 2 aromatic rings. The van der Waals surface area contributed by atoms with E-state index in [0.29, 0.717) is 48.5 Å². The SMILES string of the molecule is Cc1ccc(Nc2cc(OC3CCN(OC(=O)OC(C)(C)C)CC3)ncn2)c(Cl)n1. The van der Waals surface area contributed by atoms with Gasteiger partial charge in [0, 0.05) is 37.7 Å². The quantitative estimate of drug-likeness (QED) is 0.544. The molecule has 0 unspecified atom stereocenters. The van der Waals surface area contributed by atoms with Crippen molar-refractivity contribution in [2.45, 2.75) is 52.2 Å². The van der Waals surface area contributed by atoms with Crippen molar-refractivity contribution in [1.82, 2.24) is 20.0 Å². The highest BCUT2D eigenvalue weighted by Gasteiger charge is 2.26. The fraction of sp³-hybridized carbons (Fsp3) is 0.500. The summed E-state index contributed by atoms with van der Waals surface area (Å²) >= 11 is 6.16. The minimum Gasteiger partial charge on any atom is -0.474 e. The first-order valence-corrected chi connectivity index (χ1v) is 10.1. The maximum absolute atomic E-state index is 11.8. The number of hydrogen-bond acceptors (Lipinski definition) is 9. The van der Waals surface area contributed by atoms with Gasteiger partial charge in [-0.15, -0.1) is 5.06 Å². The zero-order valence-electron chi connectivity index (χ0n) is 17.5. The first kappa shape index (κ1) is 22.0. The van der Waals surface area contributed by atoms with E-state index in [9.17, 15) is 4.79 Å². The second kappa shape index (κ2) is 9.44. The van der Waals surface area contributed by atoms with E-state index in [1.54, 1.807) is 31.9 Å². The van der Waals surface area contributed by atoms with Crippen LogP contribution in [0.25, 0.3) is 0 Å². The van der Waals surface area contributed by atoms with Crippen molar-refractivity contribution < 1.29 is 19.1 Å². The van der Waals surface area contributed by atoms with E-state index in [2.05, 4.69) is 20.3 Å². The molecule has 9 nitrogen and oxygen atoms in total. The van der Waals surface area contributed by atoms with Crippen molar-refractivity contribution in [3.05, 3.63) is 35.4 Å². The molecule has 1 fully saturated rings. The normalized spacial score (nSPS) is 15.5. The molecule has 2 aromatic heterocycles. The molecule has 3 heterocycles. The number of hydroxylamine groups is 2. The molecular formula is C20H26ClN5O4. The van der Waals surface area contributed by atoms with Crippen LogP contribution >= 0.6 is 11.6 Å². The van der Waals surface area contributed by atoms with E-state index >= 15 is 0 Å². The molecule has 0 spiro atoms. The Morgan fingerprint density at radius 2 is 1.97 bits per heavy atom. The standard InChI is InChI=1S/C20H26ClN5O4/c1-13-5-6-15(18(21)24-13)25-16-11-17(23-12-22-16)28-14-7-9-26(10-8-14)30-19(27)29-20(2,3)4/h5-6,11-12,14H,7-10H2,1-4H3,(H,22,23,25). The van der Waals surface area contributed by atoms with Crippen LogP contribution in [0.1, 0.15) is 39.3 Å². The third kappa shape index (κ3) is 6.70. The largest absolute Gasteiger partial charge is 0.528 e. The minimum absolute atomic E-state index is 0.0455. The molecule has 3 rings (SSSR count). The highest BCUT2D eigenvalue weighted by molar-refractivity contribution is 6.32. The highest BCUT2D eigenvalue weighted by atomic mass is 35.5. The summed E-state index contributed by atoms with van der Waals surface area (Å²) < 4.78 is 11.1. The van der Waals surface area contributed by atoms with Gasteiger partial charge in [-0.2, -0.15) is 0 Å². The van der Waals surface area contributed by atoms with Crippen LogP contribution in [-0.2, 0) is 9.57 Å². The Hall–Kier alpha value is -2.65. The van der Waals surface area contributed by atoms with Crippen LogP contribution in [0.2, 0.25) is 5.15 Å². The summed E-state index contributed by atoms with van der Waals surface area (Å²) in [6.45, 7) is 8.35. The van der Waals surface area contributed by atoms with Crippen LogP contribution in [0.15, 0.2) is 24.5 Å². The van der Waals surface area contributed by atoms with Crippen LogP contribution in [-0.4, -0.2) is 51.0 Å². The third-order valence-corrected chi connectivity index (χ3v) is 4.46. The molecule has 0 amide bonds. The number of halogens is 1. The second-order valence-electron chi connectivity index (χ2n) is 7.96. The number of rotatable bonds is 5. The van der Waals surface area contributed by atoms with Crippen molar-refractivity contribution in [2.24, 2.45) is 0 Å². The molecule has 1 aliphatic heterocycles. The number of aromatic nitrogens is 3. The van der Waals surface area contributed by atoms with E-state index < -0.39 is 11.8 Å². The zero-order valence-corrected chi connectivity index (χ0v) is 18.3. The minimum atomic E-state index is -0.697. The molecule has 10 heteroatoms. The Labute approximate surface area is 180 Å². The maximum Gasteiger partial charge on any atom is 0.528 e. The summed E-state index contributed by atoms with van der Waals surface area (Å²) in [6.07, 6.45) is 2.05. The molecule has 0 radical (unpaired) electrons. The van der Waals surface area contributed by atoms with Crippen molar-refractivity contribution in [2.75, 3.05) is 18.4 Å². The van der Waals surface area contributed by atoms with E-state index in [-0.39, 0.29) is 6.10 Å². The van der Waals surface area contributed by atoms with Gasteiger partial charge in [0.1, 0.15) is 23.9 Å². The molecule has 162 valence electrons. The lowest BCUT2D eigenvalue weighted by atomic mass is 10.1. The molecule has 0 saturated carbocycles. The molecular weight excluding hydrogens is 410 g/mol. The fourth-order valence-corrected chi connectivity index (χ4v) is 3.06. The number of carbonyl (C=O) groups excluding carboxylic acids is 1. The Morgan fingerprint density at radius 3 is 2.63 bits per heavy atom. The first-order valence-electron chi connectivity index (χ1n) is 9.73. The lowest BCUT2D eigenvalue weighted by Crippen LogP contribution is -2.40. The zero-order chi connectivity index (χ0) is 21.7. The van der Waals surface area contributed by atoms with Gasteiger partial charge in [0.25, 0.3) is 0 Å². The van der Waals surface area contributed by atoms with Crippen molar-refractivity contribution in [3.63, 3.8) is 0 Å². The molecule has 0 bridgehead atoms. The number of anilines is 2. The predicted octanol–water partition coefficient (Wildman–Crippen LogP) is 4.29. The number of nitrogens with one attached hydrogen (secondary N) is 1. The van der Waals surface area contributed by atoms with Crippen LogP contribution in [0.4, 0.5) is 16.3 Å². The Morgan fingerprint density at radius 1 is 1.23 bits per heavy atom. The van der Waals surface area contributed by atoms with E-state index in [1.165, 1.54) is 6.33 Å². The summed E-state index contributed by atoms with van der Waals surface area (Å²) in [5.74, 6) is 1.01.